The lowest BCUT2D eigenvalue weighted by Gasteiger charge is -2.11. The summed E-state index contributed by atoms with van der Waals surface area (Å²) in [5, 5.41) is 4.70. The first-order chi connectivity index (χ1) is 10.8. The summed E-state index contributed by atoms with van der Waals surface area (Å²) in [6, 6.07) is 5.08. The van der Waals surface area contributed by atoms with E-state index in [-0.39, 0.29) is 12.5 Å². The Kier molecular flexibility index (Phi) is 7.25. The first kappa shape index (κ1) is 18.7. The summed E-state index contributed by atoms with van der Waals surface area (Å²) in [5.41, 5.74) is 3.07. The monoisotopic (exact) mass is 320 g/mol. The second-order valence-electron chi connectivity index (χ2n) is 5.59. The normalized spacial score (nSPS) is 11.5. The van der Waals surface area contributed by atoms with Crippen LogP contribution in [0.15, 0.2) is 18.2 Å². The summed E-state index contributed by atoms with van der Waals surface area (Å²) in [5.74, 6) is -1.16. The average Bonchev–Trinajstić information content (AvgIpc) is 2.48. The van der Waals surface area contributed by atoms with Gasteiger partial charge in [-0.15, -0.1) is 0 Å². The Morgan fingerprint density at radius 2 is 1.87 bits per heavy atom. The van der Waals surface area contributed by atoms with Crippen LogP contribution in [0.25, 0.3) is 0 Å². The Balaban J connectivity index is 2.36. The molecule has 1 aromatic carbocycles. The molecule has 1 rings (SSSR count). The number of esters is 1. The van der Waals surface area contributed by atoms with Crippen LogP contribution in [0.3, 0.4) is 0 Å². The van der Waals surface area contributed by atoms with Crippen LogP contribution in [0.1, 0.15) is 37.0 Å². The van der Waals surface area contributed by atoms with Crippen LogP contribution in [-0.4, -0.2) is 30.6 Å². The smallest absolute Gasteiger partial charge is 0.321 e. The van der Waals surface area contributed by atoms with Crippen molar-refractivity contribution in [3.05, 3.63) is 34.9 Å². The first-order valence-corrected chi connectivity index (χ1v) is 7.64. The number of rotatable bonds is 6. The van der Waals surface area contributed by atoms with Gasteiger partial charge in [-0.1, -0.05) is 25.1 Å². The summed E-state index contributed by atoms with van der Waals surface area (Å²) in [4.78, 5) is 34.7. The summed E-state index contributed by atoms with van der Waals surface area (Å²) in [7, 11) is 0. The first-order valence-electron chi connectivity index (χ1n) is 7.64. The van der Waals surface area contributed by atoms with Gasteiger partial charge in [0.15, 0.2) is 6.61 Å². The Hall–Kier alpha value is -2.37. The third-order valence-corrected chi connectivity index (χ3v) is 3.53. The van der Waals surface area contributed by atoms with Crippen molar-refractivity contribution < 1.29 is 19.1 Å². The van der Waals surface area contributed by atoms with Crippen molar-refractivity contribution in [3.63, 3.8) is 0 Å². The average molecular weight is 320 g/mol. The minimum absolute atomic E-state index is 0.0323. The molecule has 2 N–H and O–H groups in total. The summed E-state index contributed by atoms with van der Waals surface area (Å²) >= 11 is 0. The van der Waals surface area contributed by atoms with Gasteiger partial charge >= 0.3 is 12.0 Å². The lowest BCUT2D eigenvalue weighted by molar-refractivity contribution is -0.147. The number of carbonyl (C=O) groups excluding carboxylic acids is 3. The zero-order valence-electron chi connectivity index (χ0n) is 14.1. The second-order valence-corrected chi connectivity index (χ2v) is 5.59. The Morgan fingerprint density at radius 3 is 2.48 bits per heavy atom. The van der Waals surface area contributed by atoms with Crippen molar-refractivity contribution in [1.29, 1.82) is 0 Å². The van der Waals surface area contributed by atoms with Gasteiger partial charge in [0.2, 0.25) is 0 Å². The fourth-order valence-corrected chi connectivity index (χ4v) is 1.80. The highest BCUT2D eigenvalue weighted by molar-refractivity contribution is 5.95. The van der Waals surface area contributed by atoms with Gasteiger partial charge in [0.25, 0.3) is 5.91 Å². The van der Waals surface area contributed by atoms with Gasteiger partial charge in [-0.05, 0) is 43.9 Å². The van der Waals surface area contributed by atoms with Gasteiger partial charge in [0.05, 0.1) is 6.42 Å². The molecule has 0 spiro atoms. The predicted octanol–water partition coefficient (Wildman–Crippen LogP) is 2.01. The number of carbonyl (C=O) groups is 3. The molecule has 3 amide bonds. The second kappa shape index (κ2) is 8.92. The Labute approximate surface area is 136 Å². The predicted molar refractivity (Wildman–Crippen MR) is 87.0 cm³/mol. The van der Waals surface area contributed by atoms with Crippen LogP contribution in [0.4, 0.5) is 4.79 Å². The molecule has 0 aliphatic carbocycles. The SMILES string of the molecule is CC[C@H](C)NC(=O)NC(=O)COC(=O)Cc1ccc(C)c(C)c1. The van der Waals surface area contributed by atoms with E-state index in [4.69, 9.17) is 4.74 Å². The molecule has 0 radical (unpaired) electrons. The molecule has 23 heavy (non-hydrogen) atoms. The number of amides is 3. The number of hydrogen-bond donors (Lipinski definition) is 2. The molecule has 0 aliphatic heterocycles. The quantitative estimate of drug-likeness (QED) is 0.785. The third-order valence-electron chi connectivity index (χ3n) is 3.53. The molecule has 126 valence electrons. The number of hydrogen-bond acceptors (Lipinski definition) is 4. The molecule has 6 nitrogen and oxygen atoms in total. The van der Waals surface area contributed by atoms with Crippen LogP contribution in [-0.2, 0) is 20.7 Å². The highest BCUT2D eigenvalue weighted by atomic mass is 16.5. The highest BCUT2D eigenvalue weighted by Crippen LogP contribution is 2.10. The molecular formula is C17H24N2O4. The maximum Gasteiger partial charge on any atom is 0.321 e. The number of nitrogens with one attached hydrogen (secondary N) is 2. The van der Waals surface area contributed by atoms with Gasteiger partial charge in [0.1, 0.15) is 0 Å². The van der Waals surface area contributed by atoms with Crippen molar-refractivity contribution in [2.45, 2.75) is 46.6 Å². The number of urea groups is 1. The highest BCUT2D eigenvalue weighted by Gasteiger charge is 2.12. The summed E-state index contributed by atoms with van der Waals surface area (Å²) in [6.45, 7) is 7.23. The van der Waals surface area contributed by atoms with Gasteiger partial charge in [-0.2, -0.15) is 0 Å². The lowest BCUT2D eigenvalue weighted by atomic mass is 10.0. The standard InChI is InChI=1S/C17H24N2O4/c1-5-13(4)18-17(22)19-15(20)10-23-16(21)9-14-7-6-11(2)12(3)8-14/h6-8,13H,5,9-10H2,1-4H3,(H2,18,19,20,22)/t13-/m0/s1. The van der Waals surface area contributed by atoms with Crippen LogP contribution in [0.2, 0.25) is 0 Å². The molecule has 0 fully saturated rings. The van der Waals surface area contributed by atoms with E-state index in [1.807, 2.05) is 45.9 Å². The summed E-state index contributed by atoms with van der Waals surface area (Å²) < 4.78 is 4.88. The van der Waals surface area contributed by atoms with E-state index in [0.717, 1.165) is 23.1 Å². The molecule has 1 aromatic rings. The van der Waals surface area contributed by atoms with E-state index in [9.17, 15) is 14.4 Å². The Bertz CT molecular complexity index is 584. The third kappa shape index (κ3) is 6.95. The topological polar surface area (TPSA) is 84.5 Å². The van der Waals surface area contributed by atoms with Gasteiger partial charge in [0, 0.05) is 6.04 Å². The van der Waals surface area contributed by atoms with Crippen molar-refractivity contribution in [2.24, 2.45) is 0 Å². The fourth-order valence-electron chi connectivity index (χ4n) is 1.80. The van der Waals surface area contributed by atoms with E-state index in [1.54, 1.807) is 0 Å². The maximum absolute atomic E-state index is 11.7. The molecule has 6 heteroatoms. The van der Waals surface area contributed by atoms with Crippen molar-refractivity contribution in [2.75, 3.05) is 6.61 Å². The van der Waals surface area contributed by atoms with Gasteiger partial charge in [-0.25, -0.2) is 4.79 Å². The van der Waals surface area contributed by atoms with Crippen molar-refractivity contribution >= 4 is 17.9 Å². The van der Waals surface area contributed by atoms with Gasteiger partial charge < -0.3 is 10.1 Å². The van der Waals surface area contributed by atoms with Crippen LogP contribution in [0, 0.1) is 13.8 Å². The van der Waals surface area contributed by atoms with E-state index >= 15 is 0 Å². The zero-order valence-corrected chi connectivity index (χ0v) is 14.1. The molecule has 0 unspecified atom stereocenters. The molecule has 0 aliphatic rings. The number of imide groups is 1. The van der Waals surface area contributed by atoms with Crippen LogP contribution >= 0.6 is 0 Å². The molecule has 0 heterocycles. The minimum Gasteiger partial charge on any atom is -0.455 e. The fraction of sp³-hybridized carbons (Fsp3) is 0.471. The van der Waals surface area contributed by atoms with Gasteiger partial charge in [-0.3, -0.25) is 14.9 Å². The largest absolute Gasteiger partial charge is 0.455 e. The number of aryl methyl sites for hydroxylation is 2. The molecule has 1 atom stereocenters. The number of ether oxygens (including phenoxy) is 1. The van der Waals surface area contributed by atoms with Crippen molar-refractivity contribution in [1.82, 2.24) is 10.6 Å². The summed E-state index contributed by atoms with van der Waals surface area (Å²) in [6.07, 6.45) is 0.847. The molecule has 0 saturated heterocycles. The van der Waals surface area contributed by atoms with E-state index in [1.165, 1.54) is 0 Å². The Morgan fingerprint density at radius 1 is 1.17 bits per heavy atom. The van der Waals surface area contributed by atoms with E-state index < -0.39 is 24.5 Å². The maximum atomic E-state index is 11.7. The molecule has 0 saturated carbocycles. The minimum atomic E-state index is -0.653. The molecule has 0 bridgehead atoms. The molecular weight excluding hydrogens is 296 g/mol. The number of benzene rings is 1. The van der Waals surface area contributed by atoms with E-state index in [0.29, 0.717) is 0 Å². The lowest BCUT2D eigenvalue weighted by Crippen LogP contribution is -2.44. The zero-order chi connectivity index (χ0) is 17.4. The van der Waals surface area contributed by atoms with E-state index in [2.05, 4.69) is 10.6 Å². The molecule has 0 aromatic heterocycles. The van der Waals surface area contributed by atoms with Crippen LogP contribution in [0.5, 0.6) is 0 Å². The van der Waals surface area contributed by atoms with Crippen molar-refractivity contribution in [3.8, 4) is 0 Å². The van der Waals surface area contributed by atoms with Crippen LogP contribution < -0.4 is 10.6 Å².